The molecule has 1 amide bonds. The summed E-state index contributed by atoms with van der Waals surface area (Å²) in [5, 5.41) is 11.2. The van der Waals surface area contributed by atoms with Crippen molar-refractivity contribution in [1.82, 2.24) is 13.5 Å². The highest BCUT2D eigenvalue weighted by molar-refractivity contribution is 7.89. The number of benzene rings is 2. The van der Waals surface area contributed by atoms with Crippen LogP contribution in [0, 0.1) is 10.1 Å². The summed E-state index contributed by atoms with van der Waals surface area (Å²) in [5.74, 6) is -0.463. The molecule has 32 heavy (non-hydrogen) atoms. The maximum absolute atomic E-state index is 12.9. The summed E-state index contributed by atoms with van der Waals surface area (Å²) >= 11 is 0. The number of carbonyl (C=O) groups excluding carboxylic acids is 1. The zero-order valence-electron chi connectivity index (χ0n) is 17.2. The molecule has 2 aromatic carbocycles. The Morgan fingerprint density at radius 1 is 0.969 bits per heavy atom. The topological polar surface area (TPSA) is 138 Å². The molecule has 172 valence electrons. The van der Waals surface area contributed by atoms with E-state index in [1.807, 2.05) is 0 Å². The zero-order chi connectivity index (χ0) is 23.5. The van der Waals surface area contributed by atoms with E-state index in [1.165, 1.54) is 42.3 Å². The van der Waals surface area contributed by atoms with Crippen LogP contribution in [0.3, 0.4) is 0 Å². The second-order valence-corrected chi connectivity index (χ2v) is 11.0. The molecule has 1 saturated heterocycles. The Hall–Kier alpha value is -2.87. The molecule has 0 unspecified atom stereocenters. The fourth-order valence-corrected chi connectivity index (χ4v) is 6.01. The first-order valence-corrected chi connectivity index (χ1v) is 12.5. The average Bonchev–Trinajstić information content (AvgIpc) is 2.79. The van der Waals surface area contributed by atoms with Crippen LogP contribution in [0.25, 0.3) is 0 Å². The largest absolute Gasteiger partial charge is 0.339 e. The first-order valence-electron chi connectivity index (χ1n) is 9.58. The summed E-state index contributed by atoms with van der Waals surface area (Å²) in [6, 6.07) is 12.8. The van der Waals surface area contributed by atoms with Crippen LogP contribution in [0.2, 0.25) is 0 Å². The molecule has 1 aliphatic heterocycles. The van der Waals surface area contributed by atoms with Crippen molar-refractivity contribution in [2.45, 2.75) is 9.79 Å². The quantitative estimate of drug-likeness (QED) is 0.419. The van der Waals surface area contributed by atoms with Crippen LogP contribution in [0.15, 0.2) is 64.4 Å². The lowest BCUT2D eigenvalue weighted by Crippen LogP contribution is -2.52. The van der Waals surface area contributed by atoms with Crippen LogP contribution in [-0.4, -0.2) is 80.9 Å². The smallest absolute Gasteiger partial charge is 0.289 e. The van der Waals surface area contributed by atoms with Crippen molar-refractivity contribution >= 4 is 31.6 Å². The summed E-state index contributed by atoms with van der Waals surface area (Å²) in [6.07, 6.45) is 0. The maximum Gasteiger partial charge on any atom is 0.289 e. The van der Waals surface area contributed by atoms with E-state index in [0.29, 0.717) is 0 Å². The molecule has 0 saturated carbocycles. The first-order chi connectivity index (χ1) is 15.0. The van der Waals surface area contributed by atoms with Crippen molar-refractivity contribution in [2.24, 2.45) is 0 Å². The number of nitro groups is 1. The summed E-state index contributed by atoms with van der Waals surface area (Å²) in [4.78, 5) is 24.1. The number of sulfonamides is 2. The van der Waals surface area contributed by atoms with E-state index in [0.717, 1.165) is 14.7 Å². The lowest BCUT2D eigenvalue weighted by molar-refractivity contribution is -0.387. The number of rotatable bonds is 7. The van der Waals surface area contributed by atoms with E-state index in [9.17, 15) is 31.7 Å². The second kappa shape index (κ2) is 9.32. The zero-order valence-corrected chi connectivity index (χ0v) is 18.8. The van der Waals surface area contributed by atoms with Crippen molar-refractivity contribution < 1.29 is 26.6 Å². The third-order valence-electron chi connectivity index (χ3n) is 5.08. The first kappa shape index (κ1) is 23.8. The van der Waals surface area contributed by atoms with Gasteiger partial charge in [-0.15, -0.1) is 0 Å². The molecule has 0 radical (unpaired) electrons. The van der Waals surface area contributed by atoms with E-state index in [4.69, 9.17) is 0 Å². The fourth-order valence-electron chi connectivity index (χ4n) is 3.29. The summed E-state index contributed by atoms with van der Waals surface area (Å²) in [6.45, 7) is -0.436. The Morgan fingerprint density at radius 2 is 1.53 bits per heavy atom. The number of nitrogens with zero attached hydrogens (tertiary/aromatic N) is 4. The summed E-state index contributed by atoms with van der Waals surface area (Å²) in [7, 11) is -6.66. The summed E-state index contributed by atoms with van der Waals surface area (Å²) < 4.78 is 53.0. The highest BCUT2D eigenvalue weighted by Crippen LogP contribution is 2.27. The molecule has 0 aromatic heterocycles. The second-order valence-electron chi connectivity index (χ2n) is 7.08. The molecular formula is C19H22N4O7S2. The molecular weight excluding hydrogens is 460 g/mol. The van der Waals surface area contributed by atoms with E-state index < -0.39 is 48.0 Å². The standard InChI is InChI=1S/C19H22N4O7S2/c1-20(31(27,28)16-7-3-2-4-8-16)15-19(24)21-11-13-22(14-12-21)32(29,30)18-10-6-5-9-17(18)23(25)26/h2-10H,11-15H2,1H3. The van der Waals surface area contributed by atoms with Gasteiger partial charge in [0.05, 0.1) is 16.4 Å². The maximum atomic E-state index is 12.9. The van der Waals surface area contributed by atoms with Crippen LogP contribution >= 0.6 is 0 Å². The third kappa shape index (κ3) is 4.80. The predicted molar refractivity (Wildman–Crippen MR) is 115 cm³/mol. The summed E-state index contributed by atoms with van der Waals surface area (Å²) in [5.41, 5.74) is -0.515. The van der Waals surface area contributed by atoms with Crippen LogP contribution in [0.5, 0.6) is 0 Å². The van der Waals surface area contributed by atoms with Gasteiger partial charge in [-0.2, -0.15) is 8.61 Å². The van der Waals surface area contributed by atoms with Crippen molar-refractivity contribution in [3.8, 4) is 0 Å². The van der Waals surface area contributed by atoms with Gasteiger partial charge in [-0.3, -0.25) is 14.9 Å². The van der Waals surface area contributed by atoms with E-state index in [-0.39, 0.29) is 31.1 Å². The van der Waals surface area contributed by atoms with Crippen molar-refractivity contribution in [1.29, 1.82) is 0 Å². The van der Waals surface area contributed by atoms with Crippen molar-refractivity contribution in [3.05, 3.63) is 64.7 Å². The van der Waals surface area contributed by atoms with Gasteiger partial charge in [-0.05, 0) is 18.2 Å². The minimum atomic E-state index is -4.12. The minimum absolute atomic E-state index is 0.0396. The molecule has 13 heteroatoms. The Morgan fingerprint density at radius 3 is 2.12 bits per heavy atom. The van der Waals surface area contributed by atoms with Gasteiger partial charge in [0.15, 0.2) is 4.90 Å². The van der Waals surface area contributed by atoms with Gasteiger partial charge in [0.1, 0.15) is 0 Å². The Balaban J connectivity index is 1.66. The Labute approximate surface area is 186 Å². The van der Waals surface area contributed by atoms with Crippen molar-refractivity contribution in [2.75, 3.05) is 39.8 Å². The van der Waals surface area contributed by atoms with Gasteiger partial charge in [0, 0.05) is 39.3 Å². The van der Waals surface area contributed by atoms with Crippen LogP contribution in [0.1, 0.15) is 0 Å². The van der Waals surface area contributed by atoms with Crippen LogP contribution in [0.4, 0.5) is 5.69 Å². The average molecular weight is 483 g/mol. The van der Waals surface area contributed by atoms with Gasteiger partial charge >= 0.3 is 0 Å². The van der Waals surface area contributed by atoms with Gasteiger partial charge < -0.3 is 4.90 Å². The van der Waals surface area contributed by atoms with E-state index in [2.05, 4.69) is 0 Å². The molecule has 0 bridgehead atoms. The molecule has 3 rings (SSSR count). The van der Waals surface area contributed by atoms with E-state index >= 15 is 0 Å². The van der Waals surface area contributed by atoms with Gasteiger partial charge in [-0.1, -0.05) is 30.3 Å². The number of likely N-dealkylation sites (N-methyl/N-ethyl adjacent to an activating group) is 1. The monoisotopic (exact) mass is 482 g/mol. The number of amides is 1. The minimum Gasteiger partial charge on any atom is -0.339 e. The molecule has 2 aromatic rings. The third-order valence-corrected chi connectivity index (χ3v) is 8.84. The molecule has 0 N–H and O–H groups in total. The molecule has 1 heterocycles. The van der Waals surface area contributed by atoms with Gasteiger partial charge in [0.25, 0.3) is 5.69 Å². The number of piperazine rings is 1. The molecule has 0 atom stereocenters. The molecule has 0 aliphatic carbocycles. The Bertz CT molecular complexity index is 1210. The molecule has 11 nitrogen and oxygen atoms in total. The molecule has 0 spiro atoms. The number of hydrogen-bond acceptors (Lipinski definition) is 7. The number of hydrogen-bond donors (Lipinski definition) is 0. The van der Waals surface area contributed by atoms with Gasteiger partial charge in [-0.25, -0.2) is 16.8 Å². The van der Waals surface area contributed by atoms with E-state index in [1.54, 1.807) is 18.2 Å². The normalized spacial score (nSPS) is 15.6. The highest BCUT2D eigenvalue weighted by Gasteiger charge is 2.35. The number of para-hydroxylation sites is 1. The molecule has 1 aliphatic rings. The van der Waals surface area contributed by atoms with Crippen LogP contribution < -0.4 is 0 Å². The van der Waals surface area contributed by atoms with Crippen LogP contribution in [-0.2, 0) is 24.8 Å². The lowest BCUT2D eigenvalue weighted by atomic mass is 10.3. The number of nitro benzene ring substituents is 1. The number of carbonyl (C=O) groups is 1. The van der Waals surface area contributed by atoms with Gasteiger partial charge in [0.2, 0.25) is 26.0 Å². The lowest BCUT2D eigenvalue weighted by Gasteiger charge is -2.34. The highest BCUT2D eigenvalue weighted by atomic mass is 32.2. The Kier molecular flexibility index (Phi) is 6.93. The SMILES string of the molecule is CN(CC(=O)N1CCN(S(=O)(=O)c2ccccc2[N+](=O)[O-])CC1)S(=O)(=O)c1ccccc1. The van der Waals surface area contributed by atoms with Crippen molar-refractivity contribution in [3.63, 3.8) is 0 Å². The molecule has 1 fully saturated rings. The predicted octanol–water partition coefficient (Wildman–Crippen LogP) is 0.748. The fraction of sp³-hybridized carbons (Fsp3) is 0.316.